The van der Waals surface area contributed by atoms with E-state index in [1.54, 1.807) is 0 Å². The molecule has 0 spiro atoms. The quantitative estimate of drug-likeness (QED) is 0.795. The second-order valence-electron chi connectivity index (χ2n) is 4.74. The van der Waals surface area contributed by atoms with Crippen LogP contribution in [0.2, 0.25) is 0 Å². The summed E-state index contributed by atoms with van der Waals surface area (Å²) in [6.45, 7) is 6.98. The van der Waals surface area contributed by atoms with Gasteiger partial charge in [-0.15, -0.1) is 0 Å². The van der Waals surface area contributed by atoms with Crippen molar-refractivity contribution in [2.45, 2.75) is 32.9 Å². The van der Waals surface area contributed by atoms with Gasteiger partial charge < -0.3 is 11.5 Å². The molecule has 0 bridgehead atoms. The van der Waals surface area contributed by atoms with Gasteiger partial charge in [-0.05, 0) is 26.0 Å². The van der Waals surface area contributed by atoms with Crippen LogP contribution in [0.1, 0.15) is 31.0 Å². The lowest BCUT2D eigenvalue weighted by Gasteiger charge is -2.33. The first-order valence-corrected chi connectivity index (χ1v) is 6.30. The first kappa shape index (κ1) is 14.7. The summed E-state index contributed by atoms with van der Waals surface area (Å²) in [4.78, 5) is 13.1. The highest BCUT2D eigenvalue weighted by Crippen LogP contribution is 2.23. The van der Waals surface area contributed by atoms with Crippen molar-refractivity contribution in [1.82, 2.24) is 4.90 Å². The third-order valence-electron chi connectivity index (χ3n) is 3.08. The molecule has 0 radical (unpaired) electrons. The lowest BCUT2D eigenvalue weighted by atomic mass is 9.98. The number of aryl methyl sites for hydroxylation is 1. The molecule has 2 atom stereocenters. The molecule has 0 saturated carbocycles. The number of hydrogen-bond donors (Lipinski definition) is 2. The Balaban J connectivity index is 3.00. The maximum Gasteiger partial charge on any atom is 0.231 e. The van der Waals surface area contributed by atoms with Crippen molar-refractivity contribution in [2.75, 3.05) is 13.1 Å². The zero-order chi connectivity index (χ0) is 13.7. The van der Waals surface area contributed by atoms with Crippen molar-refractivity contribution >= 4 is 5.91 Å². The zero-order valence-electron chi connectivity index (χ0n) is 11.4. The maximum absolute atomic E-state index is 11.1. The van der Waals surface area contributed by atoms with E-state index in [2.05, 4.69) is 24.3 Å². The highest BCUT2D eigenvalue weighted by atomic mass is 16.1. The Bertz CT molecular complexity index is 387. The first-order valence-electron chi connectivity index (χ1n) is 6.30. The molecule has 18 heavy (non-hydrogen) atoms. The number of nitrogens with zero attached hydrogens (tertiary/aromatic N) is 1. The van der Waals surface area contributed by atoms with Crippen LogP contribution >= 0.6 is 0 Å². The number of carbonyl (C=O) groups is 1. The minimum atomic E-state index is -0.324. The number of amides is 1. The molecule has 2 unspecified atom stereocenters. The molecule has 1 aromatic rings. The second kappa shape index (κ2) is 6.52. The van der Waals surface area contributed by atoms with Crippen molar-refractivity contribution in [3.63, 3.8) is 0 Å². The topological polar surface area (TPSA) is 72.3 Å². The summed E-state index contributed by atoms with van der Waals surface area (Å²) in [5.41, 5.74) is 13.7. The molecular formula is C14H23N3O. The Morgan fingerprint density at radius 1 is 1.33 bits per heavy atom. The average Bonchev–Trinajstić information content (AvgIpc) is 2.29. The number of nitrogens with two attached hydrogens (primary N) is 2. The average molecular weight is 249 g/mol. The van der Waals surface area contributed by atoms with Crippen LogP contribution in [0, 0.1) is 6.92 Å². The van der Waals surface area contributed by atoms with Gasteiger partial charge in [0, 0.05) is 6.04 Å². The molecule has 1 aromatic carbocycles. The van der Waals surface area contributed by atoms with Crippen molar-refractivity contribution in [2.24, 2.45) is 11.5 Å². The monoisotopic (exact) mass is 249 g/mol. The molecule has 0 aliphatic carbocycles. The molecule has 4 nitrogen and oxygen atoms in total. The molecule has 0 aliphatic heterocycles. The normalized spacial score (nSPS) is 14.5. The molecule has 100 valence electrons. The van der Waals surface area contributed by atoms with Gasteiger partial charge in [0.15, 0.2) is 0 Å². The van der Waals surface area contributed by atoms with Crippen molar-refractivity contribution in [1.29, 1.82) is 0 Å². The SMILES string of the molecule is CCN(CC(N)=O)C(c1ccc(C)cc1)C(C)N. The van der Waals surface area contributed by atoms with Gasteiger partial charge in [0.2, 0.25) is 5.91 Å². The largest absolute Gasteiger partial charge is 0.369 e. The summed E-state index contributed by atoms with van der Waals surface area (Å²) in [5.74, 6) is -0.324. The molecule has 0 saturated heterocycles. The summed E-state index contributed by atoms with van der Waals surface area (Å²) >= 11 is 0. The summed E-state index contributed by atoms with van der Waals surface area (Å²) in [6.07, 6.45) is 0. The Kier molecular flexibility index (Phi) is 5.31. The summed E-state index contributed by atoms with van der Waals surface area (Å²) in [6, 6.07) is 8.20. The Labute approximate surface area is 109 Å². The van der Waals surface area contributed by atoms with E-state index in [-0.39, 0.29) is 24.5 Å². The molecular weight excluding hydrogens is 226 g/mol. The van der Waals surface area contributed by atoms with Gasteiger partial charge in [-0.25, -0.2) is 0 Å². The molecule has 1 amide bonds. The van der Waals surface area contributed by atoms with Gasteiger partial charge in [0.05, 0.1) is 12.6 Å². The van der Waals surface area contributed by atoms with E-state index < -0.39 is 0 Å². The summed E-state index contributed by atoms with van der Waals surface area (Å²) < 4.78 is 0. The standard InChI is InChI=1S/C14H23N3O/c1-4-17(9-13(16)18)14(11(3)15)12-7-5-10(2)6-8-12/h5-8,11,14H,4,9,15H2,1-3H3,(H2,16,18). The lowest BCUT2D eigenvalue weighted by Crippen LogP contribution is -2.43. The number of benzene rings is 1. The fourth-order valence-corrected chi connectivity index (χ4v) is 2.22. The number of rotatable bonds is 6. The van der Waals surface area contributed by atoms with E-state index in [1.165, 1.54) is 5.56 Å². The van der Waals surface area contributed by atoms with E-state index in [1.807, 2.05) is 25.7 Å². The van der Waals surface area contributed by atoms with Crippen LogP contribution in [-0.2, 0) is 4.79 Å². The maximum atomic E-state index is 11.1. The first-order chi connectivity index (χ1) is 8.45. The minimum Gasteiger partial charge on any atom is -0.369 e. The lowest BCUT2D eigenvalue weighted by molar-refractivity contribution is -0.119. The van der Waals surface area contributed by atoms with E-state index in [9.17, 15) is 4.79 Å². The van der Waals surface area contributed by atoms with E-state index in [0.29, 0.717) is 0 Å². The van der Waals surface area contributed by atoms with Crippen LogP contribution in [0.15, 0.2) is 24.3 Å². The van der Waals surface area contributed by atoms with Gasteiger partial charge in [-0.1, -0.05) is 36.8 Å². The van der Waals surface area contributed by atoms with Crippen LogP contribution in [0.25, 0.3) is 0 Å². The van der Waals surface area contributed by atoms with Crippen molar-refractivity contribution in [3.05, 3.63) is 35.4 Å². The van der Waals surface area contributed by atoms with Gasteiger partial charge >= 0.3 is 0 Å². The fraction of sp³-hybridized carbons (Fsp3) is 0.500. The smallest absolute Gasteiger partial charge is 0.231 e. The van der Waals surface area contributed by atoms with Crippen LogP contribution in [0.5, 0.6) is 0 Å². The Hall–Kier alpha value is -1.39. The summed E-state index contributed by atoms with van der Waals surface area (Å²) in [5, 5.41) is 0. The van der Waals surface area contributed by atoms with Crippen LogP contribution in [0.4, 0.5) is 0 Å². The number of primary amides is 1. The Morgan fingerprint density at radius 2 is 1.89 bits per heavy atom. The molecule has 0 heterocycles. The Morgan fingerprint density at radius 3 is 2.28 bits per heavy atom. The van der Waals surface area contributed by atoms with E-state index in [0.717, 1.165) is 12.1 Å². The third-order valence-corrected chi connectivity index (χ3v) is 3.08. The van der Waals surface area contributed by atoms with Gasteiger partial charge in [-0.2, -0.15) is 0 Å². The predicted molar refractivity (Wildman–Crippen MR) is 74.0 cm³/mol. The van der Waals surface area contributed by atoms with Gasteiger partial charge in [0.1, 0.15) is 0 Å². The molecule has 0 fully saturated rings. The minimum absolute atomic E-state index is 0.0168. The number of likely N-dealkylation sites (N-methyl/N-ethyl adjacent to an activating group) is 1. The predicted octanol–water partition coefficient (Wildman–Crippen LogP) is 1.19. The fourth-order valence-electron chi connectivity index (χ4n) is 2.22. The zero-order valence-corrected chi connectivity index (χ0v) is 11.4. The molecule has 4 heteroatoms. The number of carbonyl (C=O) groups excluding carboxylic acids is 1. The molecule has 4 N–H and O–H groups in total. The van der Waals surface area contributed by atoms with Crippen LogP contribution in [0.3, 0.4) is 0 Å². The van der Waals surface area contributed by atoms with E-state index in [4.69, 9.17) is 11.5 Å². The molecule has 1 rings (SSSR count). The van der Waals surface area contributed by atoms with Crippen LogP contribution in [-0.4, -0.2) is 29.9 Å². The van der Waals surface area contributed by atoms with Gasteiger partial charge in [-0.3, -0.25) is 9.69 Å². The van der Waals surface area contributed by atoms with Crippen molar-refractivity contribution in [3.8, 4) is 0 Å². The summed E-state index contributed by atoms with van der Waals surface area (Å²) in [7, 11) is 0. The second-order valence-corrected chi connectivity index (χ2v) is 4.74. The van der Waals surface area contributed by atoms with E-state index >= 15 is 0 Å². The third kappa shape index (κ3) is 3.82. The molecule has 0 aliphatic rings. The number of hydrogen-bond acceptors (Lipinski definition) is 3. The van der Waals surface area contributed by atoms with Crippen LogP contribution < -0.4 is 11.5 Å². The highest BCUT2D eigenvalue weighted by Gasteiger charge is 2.23. The molecule has 0 aromatic heterocycles. The highest BCUT2D eigenvalue weighted by molar-refractivity contribution is 5.76. The van der Waals surface area contributed by atoms with Gasteiger partial charge in [0.25, 0.3) is 0 Å². The van der Waals surface area contributed by atoms with Crippen molar-refractivity contribution < 1.29 is 4.79 Å².